The third-order valence-electron chi connectivity index (χ3n) is 7.18. The maximum Gasteiger partial charge on any atom is 0.258 e. The number of aliphatic hydroxyl groups excluding tert-OH is 1. The largest absolute Gasteiger partial charge is 0.454 e. The predicted molar refractivity (Wildman–Crippen MR) is 129 cm³/mol. The number of amides is 2. The van der Waals surface area contributed by atoms with Crippen molar-refractivity contribution in [2.24, 2.45) is 11.8 Å². The molecule has 1 fully saturated rings. The fourth-order valence-electron chi connectivity index (χ4n) is 5.63. The molecule has 1 aromatic carbocycles. The van der Waals surface area contributed by atoms with Gasteiger partial charge in [0.15, 0.2) is 11.5 Å². The number of methoxy groups -OCH3 is 1. The van der Waals surface area contributed by atoms with Gasteiger partial charge in [0, 0.05) is 44.0 Å². The number of allylic oxidation sites excluding steroid dienone is 1. The summed E-state index contributed by atoms with van der Waals surface area (Å²) in [6.07, 6.45) is 3.53. The quantitative estimate of drug-likeness (QED) is 0.590. The van der Waals surface area contributed by atoms with Gasteiger partial charge in [-0.1, -0.05) is 18.2 Å². The highest BCUT2D eigenvalue weighted by Crippen LogP contribution is 2.48. The second-order valence-corrected chi connectivity index (χ2v) is 9.15. The first kappa shape index (κ1) is 24.1. The van der Waals surface area contributed by atoms with Gasteiger partial charge in [-0.05, 0) is 36.8 Å². The second kappa shape index (κ2) is 9.79. The molecule has 2 bridgehead atoms. The van der Waals surface area contributed by atoms with Gasteiger partial charge in [-0.25, -0.2) is 0 Å². The van der Waals surface area contributed by atoms with Crippen molar-refractivity contribution in [3.63, 3.8) is 0 Å². The molecule has 1 aromatic heterocycles. The van der Waals surface area contributed by atoms with E-state index in [1.54, 1.807) is 39.8 Å². The Morgan fingerprint density at radius 3 is 2.78 bits per heavy atom. The Morgan fingerprint density at radius 1 is 1.22 bits per heavy atom. The Balaban J connectivity index is 1.48. The zero-order chi connectivity index (χ0) is 25.4. The van der Waals surface area contributed by atoms with Crippen molar-refractivity contribution in [1.82, 2.24) is 14.8 Å². The number of pyridine rings is 1. The highest BCUT2D eigenvalue weighted by Gasteiger charge is 2.57. The number of aromatic nitrogens is 1. The molecule has 5 rings (SSSR count). The molecule has 0 aliphatic carbocycles. The fourth-order valence-corrected chi connectivity index (χ4v) is 5.63. The summed E-state index contributed by atoms with van der Waals surface area (Å²) in [4.78, 5) is 41.5. The second-order valence-electron chi connectivity index (χ2n) is 9.15. The lowest BCUT2D eigenvalue weighted by Gasteiger charge is -2.38. The van der Waals surface area contributed by atoms with Gasteiger partial charge in [-0.2, -0.15) is 0 Å². The molecule has 4 heterocycles. The molecule has 4 atom stereocenters. The van der Waals surface area contributed by atoms with Gasteiger partial charge in [0.1, 0.15) is 6.61 Å². The number of nitrogens with one attached hydrogen (secondary N) is 1. The van der Waals surface area contributed by atoms with Gasteiger partial charge in [0.25, 0.3) is 5.56 Å². The number of hydrogen-bond acceptors (Lipinski definition) is 7. The third kappa shape index (κ3) is 3.96. The maximum absolute atomic E-state index is 13.6. The molecule has 190 valence electrons. The molecule has 10 heteroatoms. The highest BCUT2D eigenvalue weighted by atomic mass is 16.7. The van der Waals surface area contributed by atoms with Gasteiger partial charge in [0.05, 0.1) is 18.0 Å². The van der Waals surface area contributed by atoms with Crippen LogP contribution in [0.25, 0.3) is 6.08 Å². The van der Waals surface area contributed by atoms with Crippen molar-refractivity contribution in [3.8, 4) is 11.5 Å². The molecule has 3 aliphatic heterocycles. The lowest BCUT2D eigenvalue weighted by molar-refractivity contribution is -0.140. The van der Waals surface area contributed by atoms with Gasteiger partial charge >= 0.3 is 0 Å². The van der Waals surface area contributed by atoms with Crippen molar-refractivity contribution in [2.75, 3.05) is 27.1 Å². The minimum absolute atomic E-state index is 0.155. The molecule has 3 aliphatic rings. The molecule has 10 nitrogen and oxygen atoms in total. The molecular weight excluding hydrogens is 466 g/mol. The lowest BCUT2D eigenvalue weighted by atomic mass is 9.86. The number of ether oxygens (including phenoxy) is 3. The van der Waals surface area contributed by atoms with E-state index in [-0.39, 0.29) is 50.5 Å². The lowest BCUT2D eigenvalue weighted by Crippen LogP contribution is -2.50. The van der Waals surface area contributed by atoms with Gasteiger partial charge in [0.2, 0.25) is 18.6 Å². The first-order valence-corrected chi connectivity index (χ1v) is 11.9. The molecule has 0 saturated carbocycles. The Morgan fingerprint density at radius 2 is 2.03 bits per heavy atom. The van der Waals surface area contributed by atoms with E-state index in [0.717, 1.165) is 5.56 Å². The summed E-state index contributed by atoms with van der Waals surface area (Å²) >= 11 is 0. The van der Waals surface area contributed by atoms with Crippen molar-refractivity contribution >= 4 is 17.9 Å². The highest BCUT2D eigenvalue weighted by molar-refractivity contribution is 5.85. The van der Waals surface area contributed by atoms with E-state index in [1.807, 2.05) is 19.1 Å². The van der Waals surface area contributed by atoms with Crippen LogP contribution in [0.3, 0.4) is 0 Å². The number of aliphatic hydroxyl groups is 1. The van der Waals surface area contributed by atoms with Gasteiger partial charge < -0.3 is 34.1 Å². The normalized spacial score (nSPS) is 23.7. The fraction of sp³-hybridized carbons (Fsp3) is 0.423. The zero-order valence-corrected chi connectivity index (χ0v) is 20.2. The van der Waals surface area contributed by atoms with Crippen LogP contribution in [0.4, 0.5) is 0 Å². The standard InChI is InChI=1S/C26H29N3O7/c1-3-4-16-6-7-18-24-23(25(32)27-10-15-5-8-20-21(9-15)36-14-35-20)17(12-30)19(11-28(18)26(16)33)29(24)22(31)13-34-2/h3-9,17,19,23-24,30H,10-14H2,1-2H3,(H,27,32)/b4-3+/t17-,19-,23+,24+/m1/s1. The van der Waals surface area contributed by atoms with Crippen LogP contribution in [0.5, 0.6) is 11.5 Å². The van der Waals surface area contributed by atoms with Gasteiger partial charge in [-0.15, -0.1) is 0 Å². The van der Waals surface area contributed by atoms with Crippen LogP contribution in [0.2, 0.25) is 0 Å². The maximum atomic E-state index is 13.6. The van der Waals surface area contributed by atoms with E-state index in [1.165, 1.54) is 7.11 Å². The average Bonchev–Trinajstić information content (AvgIpc) is 3.44. The first-order valence-electron chi connectivity index (χ1n) is 11.9. The van der Waals surface area contributed by atoms with E-state index < -0.39 is 23.9 Å². The summed E-state index contributed by atoms with van der Waals surface area (Å²) < 4.78 is 17.5. The molecule has 2 N–H and O–H groups in total. The van der Waals surface area contributed by atoms with Crippen LogP contribution in [-0.2, 0) is 27.4 Å². The van der Waals surface area contributed by atoms with Gasteiger partial charge in [-0.3, -0.25) is 14.4 Å². The minimum Gasteiger partial charge on any atom is -0.454 e. The smallest absolute Gasteiger partial charge is 0.258 e. The molecule has 2 aromatic rings. The minimum atomic E-state index is -0.740. The molecule has 0 radical (unpaired) electrons. The number of hydrogen-bond donors (Lipinski definition) is 2. The number of fused-ring (bicyclic) bond motifs is 5. The van der Waals surface area contributed by atoms with Crippen LogP contribution in [0.15, 0.2) is 41.2 Å². The van der Waals surface area contributed by atoms with E-state index in [9.17, 15) is 19.5 Å². The summed E-state index contributed by atoms with van der Waals surface area (Å²) in [6, 6.07) is 7.73. The van der Waals surface area contributed by atoms with E-state index in [2.05, 4.69) is 5.32 Å². The Bertz CT molecular complexity index is 1270. The monoisotopic (exact) mass is 495 g/mol. The molecule has 36 heavy (non-hydrogen) atoms. The summed E-state index contributed by atoms with van der Waals surface area (Å²) in [5.41, 5.74) is 1.75. The Hall–Kier alpha value is -3.63. The summed E-state index contributed by atoms with van der Waals surface area (Å²) in [6.45, 7) is 1.97. The number of carbonyl (C=O) groups is 2. The van der Waals surface area contributed by atoms with E-state index in [0.29, 0.717) is 22.8 Å². The summed E-state index contributed by atoms with van der Waals surface area (Å²) in [5.74, 6) is -0.594. The summed E-state index contributed by atoms with van der Waals surface area (Å²) in [7, 11) is 1.44. The number of nitrogens with zero attached hydrogens (tertiary/aromatic N) is 2. The Labute approximate surface area is 208 Å². The third-order valence-corrected chi connectivity index (χ3v) is 7.18. The molecule has 1 saturated heterocycles. The van der Waals surface area contributed by atoms with Crippen LogP contribution >= 0.6 is 0 Å². The number of rotatable bonds is 7. The van der Waals surface area contributed by atoms with Crippen LogP contribution in [0, 0.1) is 11.8 Å². The van der Waals surface area contributed by atoms with Crippen molar-refractivity contribution in [3.05, 3.63) is 63.6 Å². The zero-order valence-electron chi connectivity index (χ0n) is 20.2. The number of carbonyl (C=O) groups excluding carboxylic acids is 2. The van der Waals surface area contributed by atoms with Crippen LogP contribution in [0.1, 0.15) is 29.8 Å². The Kier molecular flexibility index (Phi) is 6.55. The van der Waals surface area contributed by atoms with Crippen LogP contribution in [-0.4, -0.2) is 59.5 Å². The van der Waals surface area contributed by atoms with Crippen LogP contribution < -0.4 is 20.3 Å². The summed E-state index contributed by atoms with van der Waals surface area (Å²) in [5, 5.41) is 13.3. The topological polar surface area (TPSA) is 119 Å². The molecule has 0 spiro atoms. The molecule has 0 unspecified atom stereocenters. The first-order chi connectivity index (χ1) is 17.5. The van der Waals surface area contributed by atoms with E-state index in [4.69, 9.17) is 14.2 Å². The average molecular weight is 496 g/mol. The van der Waals surface area contributed by atoms with E-state index >= 15 is 0 Å². The van der Waals surface area contributed by atoms with Crippen molar-refractivity contribution < 1.29 is 28.9 Å². The molecule has 2 amide bonds. The predicted octanol–water partition coefficient (Wildman–Crippen LogP) is 1.06. The number of benzene rings is 1. The SMILES string of the molecule is C/C=C/c1ccc2n(c1=O)C[C@@H]1[C@@H](CO)[C@H](C(=O)NCc3ccc4c(c3)OCO4)[C@H]2N1C(=O)COC. The van der Waals surface area contributed by atoms with Crippen molar-refractivity contribution in [2.45, 2.75) is 32.1 Å². The van der Waals surface area contributed by atoms with Crippen molar-refractivity contribution in [1.29, 1.82) is 0 Å². The molecular formula is C26H29N3O7.